The number of nitrogens with two attached hydrogens (primary N) is 1. The molecule has 2 aromatic rings. The van der Waals surface area contributed by atoms with E-state index in [4.69, 9.17) is 10.5 Å². The molecule has 1 saturated heterocycles. The zero-order chi connectivity index (χ0) is 23.0. The van der Waals surface area contributed by atoms with E-state index in [-0.39, 0.29) is 30.3 Å². The fraction of sp³-hybridized carbons (Fsp3) is 0.423. The van der Waals surface area contributed by atoms with Crippen LogP contribution in [0.1, 0.15) is 47.2 Å². The van der Waals surface area contributed by atoms with Gasteiger partial charge in [-0.3, -0.25) is 19.5 Å². The number of nitrogens with zero attached hydrogens (tertiary/aromatic N) is 3. The predicted octanol–water partition coefficient (Wildman–Crippen LogP) is 2.82. The van der Waals surface area contributed by atoms with Crippen molar-refractivity contribution in [2.75, 3.05) is 20.3 Å². The highest BCUT2D eigenvalue weighted by Crippen LogP contribution is 2.52. The molecule has 2 aliphatic heterocycles. The molecule has 1 aromatic carbocycles. The van der Waals surface area contributed by atoms with Crippen molar-refractivity contribution in [1.82, 2.24) is 14.8 Å². The molecule has 3 heterocycles. The standard InChI is InChI=1S/C26H30N4O3/c1-33-17-22-8-5-11-29(22)24(31)19-12-18(14-28-15-19)16-30-23(27)13-26(25(30)32,21-9-10-21)20-6-3-2-4-7-20/h2-4,6-7,12-15,21-22H,5,8-11,16-17,27H2,1H3/t22-,26?/m1/s1. The first-order valence-corrected chi connectivity index (χ1v) is 11.6. The molecule has 1 aliphatic carbocycles. The van der Waals surface area contributed by atoms with E-state index in [0.717, 1.165) is 43.4 Å². The molecule has 172 valence electrons. The van der Waals surface area contributed by atoms with E-state index in [9.17, 15) is 9.59 Å². The van der Waals surface area contributed by atoms with Gasteiger partial charge in [0.2, 0.25) is 5.91 Å². The normalized spacial score (nSPS) is 24.9. The minimum atomic E-state index is -0.699. The summed E-state index contributed by atoms with van der Waals surface area (Å²) in [7, 11) is 1.66. The monoisotopic (exact) mass is 446 g/mol. The van der Waals surface area contributed by atoms with E-state index < -0.39 is 5.41 Å². The third-order valence-electron chi connectivity index (χ3n) is 7.14. The summed E-state index contributed by atoms with van der Waals surface area (Å²) in [5.74, 6) is 0.698. The molecule has 0 bridgehead atoms. The third-order valence-corrected chi connectivity index (χ3v) is 7.14. The Morgan fingerprint density at radius 2 is 2.00 bits per heavy atom. The first-order valence-electron chi connectivity index (χ1n) is 11.6. The van der Waals surface area contributed by atoms with Gasteiger partial charge in [0.25, 0.3) is 5.91 Å². The van der Waals surface area contributed by atoms with Crippen LogP contribution in [0.3, 0.4) is 0 Å². The lowest BCUT2D eigenvalue weighted by atomic mass is 9.76. The van der Waals surface area contributed by atoms with E-state index >= 15 is 0 Å². The van der Waals surface area contributed by atoms with Crippen LogP contribution in [0.15, 0.2) is 60.7 Å². The summed E-state index contributed by atoms with van der Waals surface area (Å²) < 4.78 is 5.28. The second-order valence-corrected chi connectivity index (χ2v) is 9.30. The number of carbonyl (C=O) groups excluding carboxylic acids is 2. The number of ether oxygens (including phenoxy) is 1. The molecule has 2 N–H and O–H groups in total. The van der Waals surface area contributed by atoms with Crippen molar-refractivity contribution in [3.63, 3.8) is 0 Å². The van der Waals surface area contributed by atoms with Crippen molar-refractivity contribution in [2.24, 2.45) is 11.7 Å². The SMILES string of the molecule is COC[C@H]1CCCN1C(=O)c1cncc(CN2C(=O)C(c3ccccc3)(C3CC3)C=C2N)c1. The Hall–Kier alpha value is -3.19. The molecule has 2 fully saturated rings. The van der Waals surface area contributed by atoms with Gasteiger partial charge < -0.3 is 15.4 Å². The topological polar surface area (TPSA) is 88.8 Å². The van der Waals surface area contributed by atoms with E-state index in [1.54, 1.807) is 24.4 Å². The number of hydrogen-bond donors (Lipinski definition) is 1. The van der Waals surface area contributed by atoms with Crippen LogP contribution in [0.25, 0.3) is 0 Å². The van der Waals surface area contributed by atoms with Crippen LogP contribution in [0.2, 0.25) is 0 Å². The molecule has 7 heteroatoms. The van der Waals surface area contributed by atoms with Gasteiger partial charge in [-0.05, 0) is 54.9 Å². The van der Waals surface area contributed by atoms with Crippen LogP contribution in [0, 0.1) is 5.92 Å². The van der Waals surface area contributed by atoms with Gasteiger partial charge in [0.1, 0.15) is 5.82 Å². The van der Waals surface area contributed by atoms with Crippen molar-refractivity contribution in [3.05, 3.63) is 77.4 Å². The Morgan fingerprint density at radius 1 is 1.21 bits per heavy atom. The van der Waals surface area contributed by atoms with Crippen LogP contribution < -0.4 is 5.73 Å². The molecule has 33 heavy (non-hydrogen) atoms. The highest BCUT2D eigenvalue weighted by Gasteiger charge is 2.56. The molecular formula is C26H30N4O3. The van der Waals surface area contributed by atoms with Gasteiger partial charge in [-0.1, -0.05) is 30.3 Å². The number of carbonyl (C=O) groups is 2. The summed E-state index contributed by atoms with van der Waals surface area (Å²) >= 11 is 0. The van der Waals surface area contributed by atoms with Gasteiger partial charge in [0.15, 0.2) is 0 Å². The molecule has 3 aliphatic rings. The number of hydrogen-bond acceptors (Lipinski definition) is 5. The number of rotatable bonds is 7. The molecule has 1 saturated carbocycles. The lowest BCUT2D eigenvalue weighted by Gasteiger charge is -2.28. The zero-order valence-corrected chi connectivity index (χ0v) is 18.9. The summed E-state index contributed by atoms with van der Waals surface area (Å²) in [4.78, 5) is 34.7. The predicted molar refractivity (Wildman–Crippen MR) is 124 cm³/mol. The largest absolute Gasteiger partial charge is 0.385 e. The Kier molecular flexibility index (Phi) is 5.66. The minimum Gasteiger partial charge on any atom is -0.385 e. The number of aromatic nitrogens is 1. The van der Waals surface area contributed by atoms with Crippen molar-refractivity contribution in [3.8, 4) is 0 Å². The maximum absolute atomic E-state index is 13.8. The van der Waals surface area contributed by atoms with Gasteiger partial charge in [-0.15, -0.1) is 0 Å². The summed E-state index contributed by atoms with van der Waals surface area (Å²) in [6, 6.07) is 11.8. The minimum absolute atomic E-state index is 0.00475. The number of methoxy groups -OCH3 is 1. The summed E-state index contributed by atoms with van der Waals surface area (Å²) in [5, 5.41) is 0. The van der Waals surface area contributed by atoms with Crippen LogP contribution in [0.4, 0.5) is 0 Å². The van der Waals surface area contributed by atoms with Crippen molar-refractivity contribution in [1.29, 1.82) is 0 Å². The summed E-state index contributed by atoms with van der Waals surface area (Å²) in [5.41, 5.74) is 8.01. The van der Waals surface area contributed by atoms with Crippen LogP contribution >= 0.6 is 0 Å². The average Bonchev–Trinajstić information content (AvgIpc) is 3.54. The maximum Gasteiger partial charge on any atom is 0.255 e. The van der Waals surface area contributed by atoms with Gasteiger partial charge in [0, 0.05) is 26.0 Å². The van der Waals surface area contributed by atoms with Gasteiger partial charge in [-0.2, -0.15) is 0 Å². The molecule has 0 radical (unpaired) electrons. The quantitative estimate of drug-likeness (QED) is 0.707. The molecule has 2 atom stereocenters. The smallest absolute Gasteiger partial charge is 0.255 e. The Labute approximate surface area is 194 Å². The van der Waals surface area contributed by atoms with Crippen LogP contribution in [-0.2, 0) is 21.5 Å². The molecule has 0 spiro atoms. The second-order valence-electron chi connectivity index (χ2n) is 9.30. The van der Waals surface area contributed by atoms with Gasteiger partial charge in [0.05, 0.1) is 30.2 Å². The van der Waals surface area contributed by atoms with E-state index in [1.165, 1.54) is 0 Å². The fourth-order valence-electron chi connectivity index (χ4n) is 5.37. The number of benzene rings is 1. The highest BCUT2D eigenvalue weighted by molar-refractivity contribution is 5.96. The first-order chi connectivity index (χ1) is 16.0. The fourth-order valence-corrected chi connectivity index (χ4v) is 5.37. The Bertz CT molecular complexity index is 1080. The average molecular weight is 447 g/mol. The van der Waals surface area contributed by atoms with Crippen molar-refractivity contribution in [2.45, 2.75) is 43.7 Å². The molecule has 1 aromatic heterocycles. The Balaban J connectivity index is 1.38. The van der Waals surface area contributed by atoms with E-state index in [2.05, 4.69) is 4.98 Å². The van der Waals surface area contributed by atoms with E-state index in [0.29, 0.717) is 18.0 Å². The summed E-state index contributed by atoms with van der Waals surface area (Å²) in [6.45, 7) is 1.54. The third kappa shape index (κ3) is 3.80. The van der Waals surface area contributed by atoms with Crippen molar-refractivity contribution < 1.29 is 14.3 Å². The number of pyridine rings is 1. The lowest BCUT2D eigenvalue weighted by Crippen LogP contribution is -2.41. The van der Waals surface area contributed by atoms with Crippen LogP contribution in [-0.4, -0.2) is 52.9 Å². The molecule has 5 rings (SSSR count). The van der Waals surface area contributed by atoms with Crippen molar-refractivity contribution >= 4 is 11.8 Å². The second kappa shape index (κ2) is 8.63. The van der Waals surface area contributed by atoms with Crippen LogP contribution in [0.5, 0.6) is 0 Å². The maximum atomic E-state index is 13.8. The first kappa shape index (κ1) is 21.6. The summed E-state index contributed by atoms with van der Waals surface area (Å²) in [6.07, 6.45) is 9.18. The Morgan fingerprint density at radius 3 is 2.73 bits per heavy atom. The number of amides is 2. The number of likely N-dealkylation sites (tertiary alicyclic amines) is 1. The highest BCUT2D eigenvalue weighted by atomic mass is 16.5. The van der Waals surface area contributed by atoms with Gasteiger partial charge >= 0.3 is 0 Å². The molecule has 1 unspecified atom stereocenters. The molecule has 2 amide bonds. The van der Waals surface area contributed by atoms with E-state index in [1.807, 2.05) is 47.4 Å². The lowest BCUT2D eigenvalue weighted by molar-refractivity contribution is -0.133. The molecule has 7 nitrogen and oxygen atoms in total. The molecular weight excluding hydrogens is 416 g/mol. The zero-order valence-electron chi connectivity index (χ0n) is 18.9. The van der Waals surface area contributed by atoms with Gasteiger partial charge in [-0.25, -0.2) is 0 Å².